The Labute approximate surface area is 114 Å². The Morgan fingerprint density at radius 1 is 1.30 bits per heavy atom. The lowest BCUT2D eigenvalue weighted by atomic mass is 10.3. The van der Waals surface area contributed by atoms with E-state index in [1.165, 1.54) is 36.7 Å². The summed E-state index contributed by atoms with van der Waals surface area (Å²) >= 11 is 0. The molecule has 0 saturated heterocycles. The lowest BCUT2D eigenvalue weighted by molar-refractivity contribution is 0.249. The fourth-order valence-corrected chi connectivity index (χ4v) is 1.32. The lowest BCUT2D eigenvalue weighted by Gasteiger charge is -2.04. The number of benzene rings is 1. The Balaban J connectivity index is 1.99. The molecule has 2 aromatic rings. The van der Waals surface area contributed by atoms with Crippen molar-refractivity contribution in [1.82, 2.24) is 10.4 Å². The molecule has 1 aromatic heterocycles. The monoisotopic (exact) mass is 274 g/mol. The Morgan fingerprint density at radius 2 is 2.05 bits per heavy atom. The van der Waals surface area contributed by atoms with Crippen LogP contribution in [0.1, 0.15) is 5.56 Å². The smallest absolute Gasteiger partial charge is 0.332 e. The summed E-state index contributed by atoms with van der Waals surface area (Å²) in [6.07, 6.45) is 2.89. The fourth-order valence-electron chi connectivity index (χ4n) is 1.32. The van der Waals surface area contributed by atoms with Crippen LogP contribution in [0.4, 0.5) is 9.18 Å². The first-order valence-corrected chi connectivity index (χ1v) is 5.61. The van der Waals surface area contributed by atoms with Crippen molar-refractivity contribution in [3.8, 4) is 11.6 Å². The maximum atomic E-state index is 12.7. The third-order valence-electron chi connectivity index (χ3n) is 2.18. The minimum Gasteiger partial charge on any atom is -0.439 e. The van der Waals surface area contributed by atoms with Gasteiger partial charge >= 0.3 is 6.03 Å². The van der Waals surface area contributed by atoms with Crippen LogP contribution in [0, 0.1) is 5.82 Å². The number of urea groups is 1. The molecule has 2 rings (SSSR count). The van der Waals surface area contributed by atoms with Gasteiger partial charge in [0.2, 0.25) is 5.88 Å². The lowest BCUT2D eigenvalue weighted by Crippen LogP contribution is -2.24. The molecule has 0 spiro atoms. The van der Waals surface area contributed by atoms with E-state index < -0.39 is 6.03 Å². The van der Waals surface area contributed by atoms with Crippen molar-refractivity contribution in [2.75, 3.05) is 0 Å². The number of nitrogens with one attached hydrogen (secondary N) is 1. The van der Waals surface area contributed by atoms with Crippen molar-refractivity contribution < 1.29 is 13.9 Å². The molecule has 6 nitrogen and oxygen atoms in total. The molecule has 20 heavy (non-hydrogen) atoms. The van der Waals surface area contributed by atoms with Gasteiger partial charge in [-0.25, -0.2) is 19.6 Å². The van der Waals surface area contributed by atoms with E-state index in [1.54, 1.807) is 12.1 Å². The van der Waals surface area contributed by atoms with E-state index >= 15 is 0 Å². The summed E-state index contributed by atoms with van der Waals surface area (Å²) in [6, 6.07) is 8.17. The summed E-state index contributed by atoms with van der Waals surface area (Å²) < 4.78 is 18.1. The average molecular weight is 274 g/mol. The molecule has 0 radical (unpaired) electrons. The third kappa shape index (κ3) is 4.05. The fraction of sp³-hybridized carbons (Fsp3) is 0. The molecule has 7 heteroatoms. The van der Waals surface area contributed by atoms with Gasteiger partial charge in [-0.1, -0.05) is 0 Å². The highest BCUT2D eigenvalue weighted by Crippen LogP contribution is 2.19. The number of hydrogen-bond donors (Lipinski definition) is 2. The number of aromatic nitrogens is 1. The maximum Gasteiger partial charge on any atom is 0.332 e. The molecule has 102 valence electrons. The van der Waals surface area contributed by atoms with Crippen LogP contribution >= 0.6 is 0 Å². The second kappa shape index (κ2) is 6.28. The van der Waals surface area contributed by atoms with Crippen LogP contribution in [0.2, 0.25) is 0 Å². The molecule has 2 amide bonds. The topological polar surface area (TPSA) is 89.6 Å². The number of hydrogen-bond acceptors (Lipinski definition) is 4. The van der Waals surface area contributed by atoms with Crippen LogP contribution in [0.5, 0.6) is 11.6 Å². The van der Waals surface area contributed by atoms with Gasteiger partial charge in [0.05, 0.1) is 6.21 Å². The predicted octanol–water partition coefficient (Wildman–Crippen LogP) is 2.02. The first-order chi connectivity index (χ1) is 9.63. The SMILES string of the molecule is NC(=O)N/N=C/c1ccc(Oc2ccc(F)cc2)nc1. The van der Waals surface area contributed by atoms with Crippen LogP contribution in [-0.2, 0) is 0 Å². The van der Waals surface area contributed by atoms with Gasteiger partial charge < -0.3 is 10.5 Å². The van der Waals surface area contributed by atoms with Crippen molar-refractivity contribution in [2.45, 2.75) is 0 Å². The predicted molar refractivity (Wildman–Crippen MR) is 71.0 cm³/mol. The van der Waals surface area contributed by atoms with Crippen LogP contribution in [0.25, 0.3) is 0 Å². The number of carbonyl (C=O) groups is 1. The molecule has 0 bridgehead atoms. The molecule has 0 unspecified atom stereocenters. The second-order valence-electron chi connectivity index (χ2n) is 3.72. The number of pyridine rings is 1. The van der Waals surface area contributed by atoms with E-state index in [0.717, 1.165) is 0 Å². The zero-order chi connectivity index (χ0) is 14.4. The molecule has 0 atom stereocenters. The zero-order valence-corrected chi connectivity index (χ0v) is 10.3. The van der Waals surface area contributed by atoms with Crippen molar-refractivity contribution in [3.05, 3.63) is 54.0 Å². The minimum absolute atomic E-state index is 0.334. The Bertz CT molecular complexity index is 611. The number of ether oxygens (including phenoxy) is 1. The van der Waals surface area contributed by atoms with E-state index in [4.69, 9.17) is 10.5 Å². The summed E-state index contributed by atoms with van der Waals surface area (Å²) in [5.41, 5.74) is 7.58. The van der Waals surface area contributed by atoms with Gasteiger partial charge in [0, 0.05) is 17.8 Å². The van der Waals surface area contributed by atoms with Crippen LogP contribution in [-0.4, -0.2) is 17.2 Å². The van der Waals surface area contributed by atoms with Gasteiger partial charge in [-0.3, -0.25) is 0 Å². The van der Waals surface area contributed by atoms with E-state index in [-0.39, 0.29) is 5.82 Å². The van der Waals surface area contributed by atoms with E-state index in [2.05, 4.69) is 15.5 Å². The number of amides is 2. The molecule has 0 aliphatic heterocycles. The summed E-state index contributed by atoms with van der Waals surface area (Å²) in [7, 11) is 0. The number of rotatable bonds is 4. The molecular formula is C13H11FN4O2. The minimum atomic E-state index is -0.745. The van der Waals surface area contributed by atoms with E-state index in [9.17, 15) is 9.18 Å². The highest BCUT2D eigenvalue weighted by atomic mass is 19.1. The molecular weight excluding hydrogens is 263 g/mol. The van der Waals surface area contributed by atoms with Gasteiger partial charge in [0.1, 0.15) is 11.6 Å². The molecule has 0 saturated carbocycles. The maximum absolute atomic E-state index is 12.7. The van der Waals surface area contributed by atoms with Gasteiger partial charge in [0.25, 0.3) is 0 Å². The van der Waals surface area contributed by atoms with Crippen molar-refractivity contribution in [3.63, 3.8) is 0 Å². The zero-order valence-electron chi connectivity index (χ0n) is 10.3. The van der Waals surface area contributed by atoms with E-state index in [1.807, 2.05) is 0 Å². The first kappa shape index (κ1) is 13.5. The summed E-state index contributed by atoms with van der Waals surface area (Å²) in [5, 5.41) is 3.59. The number of nitrogens with zero attached hydrogens (tertiary/aromatic N) is 2. The van der Waals surface area contributed by atoms with Crippen molar-refractivity contribution >= 4 is 12.2 Å². The largest absolute Gasteiger partial charge is 0.439 e. The van der Waals surface area contributed by atoms with Gasteiger partial charge in [-0.2, -0.15) is 5.10 Å². The van der Waals surface area contributed by atoms with Gasteiger partial charge in [-0.05, 0) is 30.3 Å². The highest BCUT2D eigenvalue weighted by Gasteiger charge is 1.99. The summed E-state index contributed by atoms with van der Waals surface area (Å²) in [4.78, 5) is 14.4. The molecule has 1 aromatic carbocycles. The first-order valence-electron chi connectivity index (χ1n) is 5.61. The van der Waals surface area contributed by atoms with Crippen LogP contribution in [0.15, 0.2) is 47.7 Å². The quantitative estimate of drug-likeness (QED) is 0.660. The normalized spacial score (nSPS) is 10.4. The third-order valence-corrected chi connectivity index (χ3v) is 2.18. The van der Waals surface area contributed by atoms with Gasteiger partial charge in [-0.15, -0.1) is 0 Å². The number of halogens is 1. The van der Waals surface area contributed by atoms with E-state index in [0.29, 0.717) is 17.2 Å². The Kier molecular flexibility index (Phi) is 4.23. The van der Waals surface area contributed by atoms with Crippen molar-refractivity contribution in [1.29, 1.82) is 0 Å². The highest BCUT2D eigenvalue weighted by molar-refractivity contribution is 5.81. The Morgan fingerprint density at radius 3 is 2.65 bits per heavy atom. The standard InChI is InChI=1S/C13H11FN4O2/c14-10-2-4-11(5-3-10)20-12-6-1-9(7-16-12)8-17-18-13(15)19/h1-8H,(H3,15,18,19)/b17-8+. The van der Waals surface area contributed by atoms with Crippen LogP contribution in [0.3, 0.4) is 0 Å². The number of primary amides is 1. The summed E-state index contributed by atoms with van der Waals surface area (Å²) in [6.45, 7) is 0. The molecule has 0 fully saturated rings. The molecule has 0 aliphatic rings. The number of nitrogens with two attached hydrogens (primary N) is 1. The Hall–Kier alpha value is -2.96. The van der Waals surface area contributed by atoms with Crippen molar-refractivity contribution in [2.24, 2.45) is 10.8 Å². The molecule has 0 aliphatic carbocycles. The second-order valence-corrected chi connectivity index (χ2v) is 3.72. The summed E-state index contributed by atoms with van der Waals surface area (Å²) in [5.74, 6) is 0.506. The van der Waals surface area contributed by atoms with Crippen LogP contribution < -0.4 is 15.9 Å². The number of carbonyl (C=O) groups excluding carboxylic acids is 1. The average Bonchev–Trinajstić information content (AvgIpc) is 2.43. The molecule has 1 heterocycles. The number of hydrazone groups is 1. The molecule has 3 N–H and O–H groups in total. The van der Waals surface area contributed by atoms with Gasteiger partial charge in [0.15, 0.2) is 0 Å².